The van der Waals surface area contributed by atoms with Crippen molar-refractivity contribution in [2.45, 2.75) is 30.7 Å². The largest absolute Gasteiger partial charge is 0.388 e. The van der Waals surface area contributed by atoms with Gasteiger partial charge in [-0.05, 0) is 34.1 Å². The van der Waals surface area contributed by atoms with Crippen LogP contribution in [0.25, 0.3) is 6.08 Å². The van der Waals surface area contributed by atoms with E-state index in [1.807, 2.05) is 0 Å². The van der Waals surface area contributed by atoms with E-state index in [9.17, 15) is 25.2 Å². The van der Waals surface area contributed by atoms with Crippen LogP contribution in [-0.4, -0.2) is 68.6 Å². The summed E-state index contributed by atoms with van der Waals surface area (Å²) in [5.74, 6) is -0.741. The average Bonchev–Trinajstić information content (AvgIpc) is 2.59. The van der Waals surface area contributed by atoms with Gasteiger partial charge in [0.15, 0.2) is 6.29 Å². The Morgan fingerprint density at radius 2 is 2.04 bits per heavy atom. The lowest BCUT2D eigenvalue weighted by atomic mass is 9.99. The summed E-state index contributed by atoms with van der Waals surface area (Å²) in [5.41, 5.74) is 0.168. The molecule has 1 amide bonds. The molecule has 0 radical (unpaired) electrons. The molecule has 5 atom stereocenters. The molecular weight excluding hydrogens is 398 g/mol. The molecule has 0 saturated carbocycles. The second-order valence-electron chi connectivity index (χ2n) is 5.30. The van der Waals surface area contributed by atoms with Gasteiger partial charge in [0.1, 0.15) is 40.7 Å². The monoisotopic (exact) mass is 413 g/mol. The number of pyridine rings is 1. The zero-order chi connectivity index (χ0) is 18.6. The highest BCUT2D eigenvalue weighted by Gasteiger charge is 2.42. The third-order valence-corrected chi connectivity index (χ3v) is 3.99. The van der Waals surface area contributed by atoms with Crippen molar-refractivity contribution in [1.29, 1.82) is 5.26 Å². The second-order valence-corrected chi connectivity index (χ2v) is 6.11. The Morgan fingerprint density at radius 3 is 2.68 bits per heavy atom. The number of nitriles is 1. The van der Waals surface area contributed by atoms with Crippen LogP contribution in [0, 0.1) is 11.3 Å². The van der Waals surface area contributed by atoms with Gasteiger partial charge < -0.3 is 30.5 Å². The van der Waals surface area contributed by atoms with Crippen LogP contribution >= 0.6 is 15.9 Å². The molecule has 9 nitrogen and oxygen atoms in total. The number of hydrogen-bond acceptors (Lipinski definition) is 8. The van der Waals surface area contributed by atoms with Crippen LogP contribution in [0.2, 0.25) is 0 Å². The van der Waals surface area contributed by atoms with Gasteiger partial charge in [-0.3, -0.25) is 4.79 Å². The fourth-order valence-corrected chi connectivity index (χ4v) is 2.55. The molecule has 0 spiro atoms. The van der Waals surface area contributed by atoms with Crippen LogP contribution in [0.1, 0.15) is 5.69 Å². The third kappa shape index (κ3) is 4.82. The van der Waals surface area contributed by atoms with Crippen molar-refractivity contribution in [2.24, 2.45) is 0 Å². The maximum absolute atomic E-state index is 12.1. The van der Waals surface area contributed by atoms with Gasteiger partial charge in [0, 0.05) is 6.54 Å². The first-order valence-corrected chi connectivity index (χ1v) is 8.03. The van der Waals surface area contributed by atoms with Crippen LogP contribution in [0.3, 0.4) is 0 Å². The molecule has 25 heavy (non-hydrogen) atoms. The summed E-state index contributed by atoms with van der Waals surface area (Å²) >= 11 is 3.18. The van der Waals surface area contributed by atoms with Crippen LogP contribution in [-0.2, 0) is 9.53 Å². The number of amides is 1. The van der Waals surface area contributed by atoms with Crippen molar-refractivity contribution in [1.82, 2.24) is 10.3 Å². The summed E-state index contributed by atoms with van der Waals surface area (Å²) in [5, 5.41) is 49.7. The topological polar surface area (TPSA) is 156 Å². The number of ether oxygens (including phenoxy) is 1. The van der Waals surface area contributed by atoms with Crippen molar-refractivity contribution >= 4 is 27.9 Å². The minimum atomic E-state index is -1.70. The predicted octanol–water partition coefficient (Wildman–Crippen LogP) is -1.33. The molecule has 10 heteroatoms. The molecule has 2 heterocycles. The third-order valence-electron chi connectivity index (χ3n) is 3.54. The Balaban J connectivity index is 2.02. The van der Waals surface area contributed by atoms with E-state index in [0.717, 1.165) is 0 Å². The van der Waals surface area contributed by atoms with Crippen LogP contribution < -0.4 is 5.32 Å². The molecule has 1 aliphatic rings. The molecule has 1 aromatic rings. The van der Waals surface area contributed by atoms with Gasteiger partial charge in [-0.1, -0.05) is 6.07 Å². The Kier molecular flexibility index (Phi) is 6.60. The zero-order valence-electron chi connectivity index (χ0n) is 12.8. The first-order valence-electron chi connectivity index (χ1n) is 7.23. The number of carbonyl (C=O) groups is 1. The summed E-state index contributed by atoms with van der Waals surface area (Å²) in [4.78, 5) is 16.2. The molecule has 1 fully saturated rings. The van der Waals surface area contributed by atoms with Crippen LogP contribution in [0.5, 0.6) is 0 Å². The fourth-order valence-electron chi connectivity index (χ4n) is 2.19. The van der Waals surface area contributed by atoms with Crippen molar-refractivity contribution < 1.29 is 30.0 Å². The number of hydrogen-bond donors (Lipinski definition) is 5. The van der Waals surface area contributed by atoms with Gasteiger partial charge in [-0.2, -0.15) is 5.26 Å². The molecule has 5 N–H and O–H groups in total. The molecule has 1 aliphatic heterocycles. The van der Waals surface area contributed by atoms with Gasteiger partial charge in [-0.25, -0.2) is 4.98 Å². The maximum Gasteiger partial charge on any atom is 0.262 e. The molecule has 0 bridgehead atoms. The summed E-state index contributed by atoms with van der Waals surface area (Å²) in [6.45, 7) is -0.286. The van der Waals surface area contributed by atoms with E-state index in [2.05, 4.69) is 26.2 Å². The number of nitrogens with one attached hydrogen (secondary N) is 1. The van der Waals surface area contributed by atoms with E-state index in [1.54, 1.807) is 24.3 Å². The molecule has 0 aromatic carbocycles. The lowest BCUT2D eigenvalue weighted by Gasteiger charge is -2.38. The van der Waals surface area contributed by atoms with E-state index >= 15 is 0 Å². The minimum absolute atomic E-state index is 0.225. The minimum Gasteiger partial charge on any atom is -0.388 e. The first-order chi connectivity index (χ1) is 11.8. The zero-order valence-corrected chi connectivity index (χ0v) is 14.4. The van der Waals surface area contributed by atoms with E-state index in [1.165, 1.54) is 6.08 Å². The van der Waals surface area contributed by atoms with Gasteiger partial charge in [0.2, 0.25) is 0 Å². The van der Waals surface area contributed by atoms with Crippen LogP contribution in [0.15, 0.2) is 28.4 Å². The Labute approximate surface area is 151 Å². The fraction of sp³-hybridized carbons (Fsp3) is 0.400. The summed E-state index contributed by atoms with van der Waals surface area (Å²) in [6, 6.07) is 6.74. The maximum atomic E-state index is 12.1. The van der Waals surface area contributed by atoms with Crippen molar-refractivity contribution in [3.8, 4) is 6.07 Å². The number of aromatic nitrogens is 1. The molecular formula is C15H16BrN3O6. The van der Waals surface area contributed by atoms with Crippen molar-refractivity contribution in [3.05, 3.63) is 34.1 Å². The number of aliphatic hydroxyl groups excluding tert-OH is 4. The molecule has 134 valence electrons. The number of halogens is 1. The Bertz CT molecular complexity index is 707. The quantitative estimate of drug-likeness (QED) is 0.231. The number of nitrogens with zero attached hydrogens (tertiary/aromatic N) is 2. The number of carbonyl (C=O) groups excluding carboxylic acids is 1. The van der Waals surface area contributed by atoms with Gasteiger partial charge in [-0.15, -0.1) is 0 Å². The highest BCUT2D eigenvalue weighted by Crippen LogP contribution is 2.19. The van der Waals surface area contributed by atoms with E-state index < -0.39 is 36.6 Å². The molecule has 0 unspecified atom stereocenters. The lowest BCUT2D eigenvalue weighted by Crippen LogP contribution is -2.60. The summed E-state index contributed by atoms with van der Waals surface area (Å²) in [7, 11) is 0. The van der Waals surface area contributed by atoms with E-state index in [4.69, 9.17) is 10.00 Å². The summed E-state index contributed by atoms with van der Waals surface area (Å²) in [6.07, 6.45) is -6.36. The lowest BCUT2D eigenvalue weighted by molar-refractivity contribution is -0.280. The average molecular weight is 414 g/mol. The SMILES string of the molecule is N#CC(=Cc1cccc(Br)n1)C(=O)NC[C@H]1O[C@H](O)[C@H](O)[C@@H](O)[C@H]1O. The Hall–Kier alpha value is -1.87. The number of rotatable bonds is 4. The van der Waals surface area contributed by atoms with Crippen molar-refractivity contribution in [2.75, 3.05) is 6.54 Å². The highest BCUT2D eigenvalue weighted by atomic mass is 79.9. The predicted molar refractivity (Wildman–Crippen MR) is 87.4 cm³/mol. The smallest absolute Gasteiger partial charge is 0.262 e. The Morgan fingerprint density at radius 1 is 1.32 bits per heavy atom. The normalized spacial score (nSPS) is 29.8. The van der Waals surface area contributed by atoms with Crippen LogP contribution in [0.4, 0.5) is 0 Å². The van der Waals surface area contributed by atoms with Gasteiger partial charge in [0.25, 0.3) is 5.91 Å². The van der Waals surface area contributed by atoms with E-state index in [-0.39, 0.29) is 12.1 Å². The number of aliphatic hydroxyl groups is 4. The molecule has 1 aromatic heterocycles. The van der Waals surface area contributed by atoms with Crippen molar-refractivity contribution in [3.63, 3.8) is 0 Å². The van der Waals surface area contributed by atoms with E-state index in [0.29, 0.717) is 10.3 Å². The molecule has 0 aliphatic carbocycles. The standard InChI is InChI=1S/C15H16BrN3O6/c16-10-3-1-2-8(19-10)4-7(5-17)14(23)18-6-9-11(20)12(21)13(22)15(24)25-9/h1-4,9,11-13,15,20-22,24H,6H2,(H,18,23)/t9-,11+,12+,13-,15+/m1/s1. The van der Waals surface area contributed by atoms with Gasteiger partial charge in [0.05, 0.1) is 5.69 Å². The van der Waals surface area contributed by atoms with Gasteiger partial charge >= 0.3 is 0 Å². The summed E-state index contributed by atoms with van der Waals surface area (Å²) < 4.78 is 5.48. The first kappa shape index (κ1) is 19.5. The molecule has 1 saturated heterocycles. The highest BCUT2D eigenvalue weighted by molar-refractivity contribution is 9.10. The molecule has 2 rings (SSSR count). The second kappa shape index (κ2) is 8.48.